The lowest BCUT2D eigenvalue weighted by atomic mass is 9.87. The zero-order chi connectivity index (χ0) is 24.5. The van der Waals surface area contributed by atoms with Crippen LogP contribution in [-0.2, 0) is 10.9 Å². The molecule has 1 amide bonds. The summed E-state index contributed by atoms with van der Waals surface area (Å²) in [6, 6.07) is 9.08. The number of alkyl halides is 3. The number of benzene rings is 2. The van der Waals surface area contributed by atoms with Gasteiger partial charge in [0, 0.05) is 12.6 Å². The van der Waals surface area contributed by atoms with E-state index in [0.29, 0.717) is 5.56 Å². The van der Waals surface area contributed by atoms with E-state index in [1.165, 1.54) is 37.4 Å². The van der Waals surface area contributed by atoms with E-state index in [2.05, 4.69) is 5.32 Å². The van der Waals surface area contributed by atoms with Crippen molar-refractivity contribution in [3.05, 3.63) is 59.2 Å². The van der Waals surface area contributed by atoms with Gasteiger partial charge in [-0.2, -0.15) is 13.2 Å². The van der Waals surface area contributed by atoms with E-state index in [0.717, 1.165) is 12.1 Å². The third-order valence-electron chi connectivity index (χ3n) is 5.60. The maximum absolute atomic E-state index is 13.9. The second-order valence-electron chi connectivity index (χ2n) is 7.70. The molecular formula is C22H24F3NO7. The van der Waals surface area contributed by atoms with Crippen molar-refractivity contribution in [2.75, 3.05) is 13.7 Å². The predicted molar refractivity (Wildman–Crippen MR) is 109 cm³/mol. The Kier molecular flexibility index (Phi) is 7.42. The van der Waals surface area contributed by atoms with Crippen molar-refractivity contribution in [1.29, 1.82) is 0 Å². The second-order valence-corrected chi connectivity index (χ2v) is 7.70. The van der Waals surface area contributed by atoms with Gasteiger partial charge in [0.1, 0.15) is 36.6 Å². The Bertz CT molecular complexity index is 998. The van der Waals surface area contributed by atoms with Crippen molar-refractivity contribution in [3.63, 3.8) is 0 Å². The molecule has 2 aromatic rings. The fourth-order valence-corrected chi connectivity index (χ4v) is 3.79. The van der Waals surface area contributed by atoms with Crippen molar-refractivity contribution in [2.24, 2.45) is 0 Å². The number of amides is 1. The van der Waals surface area contributed by atoms with Crippen LogP contribution in [0.1, 0.15) is 27.6 Å². The first kappa shape index (κ1) is 25.1. The van der Waals surface area contributed by atoms with Gasteiger partial charge >= 0.3 is 6.18 Å². The molecule has 6 N–H and O–H groups in total. The highest BCUT2D eigenvalue weighted by Crippen LogP contribution is 2.40. The molecule has 0 radical (unpaired) electrons. The molecule has 0 spiro atoms. The van der Waals surface area contributed by atoms with Crippen molar-refractivity contribution in [1.82, 2.24) is 5.32 Å². The van der Waals surface area contributed by atoms with Crippen LogP contribution in [0.5, 0.6) is 0 Å². The molecule has 0 aromatic heterocycles. The standard InChI is InChI=1S/C22H24F3NO7/c1-26-21(32)12-4-2-3-10(7-12)11-5-6-13(14(8-11)22(23,24)25)16(28)20-19(31)18(30)17(29)15(9-27)33-20/h2-8,15-20,27-31H,9H2,1H3,(H,26,32)/t15?,16-,17+,18-,19?,20+/m0/s1. The summed E-state index contributed by atoms with van der Waals surface area (Å²) in [5.74, 6) is -0.414. The minimum atomic E-state index is -4.90. The summed E-state index contributed by atoms with van der Waals surface area (Å²) >= 11 is 0. The fourth-order valence-electron chi connectivity index (χ4n) is 3.79. The van der Waals surface area contributed by atoms with Crippen molar-refractivity contribution < 1.29 is 48.2 Å². The van der Waals surface area contributed by atoms with E-state index < -0.39 is 66.4 Å². The van der Waals surface area contributed by atoms with E-state index in [1.54, 1.807) is 0 Å². The monoisotopic (exact) mass is 471 g/mol. The van der Waals surface area contributed by atoms with Gasteiger partial charge in [0.25, 0.3) is 5.91 Å². The van der Waals surface area contributed by atoms with Crippen LogP contribution >= 0.6 is 0 Å². The SMILES string of the molecule is CNC(=O)c1cccc(-c2ccc([C@H](O)[C@H]3OC(CO)[C@@H](O)[C@H](O)C3O)c(C(F)(F)F)c2)c1. The molecular weight excluding hydrogens is 447 g/mol. The van der Waals surface area contributed by atoms with Gasteiger partial charge < -0.3 is 35.6 Å². The van der Waals surface area contributed by atoms with Crippen LogP contribution in [0.15, 0.2) is 42.5 Å². The molecule has 11 heteroatoms. The molecule has 0 saturated carbocycles. The zero-order valence-electron chi connectivity index (χ0n) is 17.4. The summed E-state index contributed by atoms with van der Waals surface area (Å²) < 4.78 is 46.9. The number of hydrogen-bond acceptors (Lipinski definition) is 7. The van der Waals surface area contributed by atoms with Crippen molar-refractivity contribution >= 4 is 5.91 Å². The van der Waals surface area contributed by atoms with E-state index in [1.807, 2.05) is 0 Å². The molecule has 1 fully saturated rings. The molecule has 1 aliphatic rings. The highest BCUT2D eigenvalue weighted by atomic mass is 19.4. The molecule has 180 valence electrons. The topological polar surface area (TPSA) is 139 Å². The predicted octanol–water partition coefficient (Wildman–Crippen LogP) is 0.608. The molecule has 0 aliphatic carbocycles. The number of ether oxygens (including phenoxy) is 1. The Morgan fingerprint density at radius 2 is 1.73 bits per heavy atom. The maximum atomic E-state index is 13.9. The lowest BCUT2D eigenvalue weighted by Crippen LogP contribution is -2.60. The van der Waals surface area contributed by atoms with Gasteiger partial charge in [-0.1, -0.05) is 24.3 Å². The number of carbonyl (C=O) groups excluding carboxylic acids is 1. The summed E-state index contributed by atoms with van der Waals surface area (Å²) in [7, 11) is 1.42. The molecule has 2 aromatic carbocycles. The second kappa shape index (κ2) is 9.75. The van der Waals surface area contributed by atoms with E-state index in [-0.39, 0.29) is 11.1 Å². The number of aliphatic hydroxyl groups is 5. The minimum absolute atomic E-state index is 0.123. The highest BCUT2D eigenvalue weighted by molar-refractivity contribution is 5.95. The molecule has 1 saturated heterocycles. The molecule has 0 bridgehead atoms. The quantitative estimate of drug-likeness (QED) is 0.376. The summed E-state index contributed by atoms with van der Waals surface area (Å²) in [5, 5.41) is 52.4. The lowest BCUT2D eigenvalue weighted by molar-refractivity contribution is -0.250. The Morgan fingerprint density at radius 1 is 1.06 bits per heavy atom. The van der Waals surface area contributed by atoms with E-state index >= 15 is 0 Å². The van der Waals surface area contributed by atoms with Crippen molar-refractivity contribution in [2.45, 2.75) is 42.8 Å². The highest BCUT2D eigenvalue weighted by Gasteiger charge is 2.48. The summed E-state index contributed by atoms with van der Waals surface area (Å²) in [6.45, 7) is -0.791. The number of hydrogen-bond donors (Lipinski definition) is 6. The molecule has 2 unspecified atom stereocenters. The maximum Gasteiger partial charge on any atom is 0.416 e. The summed E-state index contributed by atoms with van der Waals surface area (Å²) in [4.78, 5) is 11.9. The number of nitrogens with one attached hydrogen (secondary N) is 1. The van der Waals surface area contributed by atoms with Gasteiger partial charge in [-0.15, -0.1) is 0 Å². The Labute approximate surface area is 186 Å². The Morgan fingerprint density at radius 3 is 2.33 bits per heavy atom. The van der Waals surface area contributed by atoms with Crippen LogP contribution < -0.4 is 5.32 Å². The average Bonchev–Trinajstić information content (AvgIpc) is 2.81. The molecule has 6 atom stereocenters. The van der Waals surface area contributed by atoms with Crippen LogP contribution in [0.4, 0.5) is 13.2 Å². The normalized spacial score (nSPS) is 26.6. The number of halogens is 3. The molecule has 3 rings (SSSR count). The van der Waals surface area contributed by atoms with Gasteiger partial charge in [-0.05, 0) is 34.9 Å². The molecule has 1 aliphatic heterocycles. The summed E-state index contributed by atoms with van der Waals surface area (Å²) in [6.07, 6.45) is -15.6. The Balaban J connectivity index is 2.02. The first-order chi connectivity index (χ1) is 15.5. The lowest BCUT2D eigenvalue weighted by Gasteiger charge is -2.42. The van der Waals surface area contributed by atoms with Crippen LogP contribution in [0.25, 0.3) is 11.1 Å². The van der Waals surface area contributed by atoms with E-state index in [9.17, 15) is 43.5 Å². The zero-order valence-corrected chi connectivity index (χ0v) is 17.4. The third-order valence-corrected chi connectivity index (χ3v) is 5.60. The fraction of sp³-hybridized carbons (Fsp3) is 0.409. The van der Waals surface area contributed by atoms with Crippen molar-refractivity contribution in [3.8, 4) is 11.1 Å². The van der Waals surface area contributed by atoms with Gasteiger partial charge in [0.2, 0.25) is 0 Å². The number of aliphatic hydroxyl groups excluding tert-OH is 5. The molecule has 8 nitrogen and oxygen atoms in total. The van der Waals surface area contributed by atoms with Gasteiger partial charge in [-0.3, -0.25) is 4.79 Å². The van der Waals surface area contributed by atoms with Crippen LogP contribution in [-0.4, -0.2) is 75.6 Å². The van der Waals surface area contributed by atoms with Gasteiger partial charge in [0.05, 0.1) is 12.2 Å². The first-order valence-electron chi connectivity index (χ1n) is 10.0. The average molecular weight is 471 g/mol. The van der Waals surface area contributed by atoms with Gasteiger partial charge in [0.15, 0.2) is 0 Å². The number of carbonyl (C=O) groups is 1. The molecule has 1 heterocycles. The van der Waals surface area contributed by atoms with Crippen LogP contribution in [0.2, 0.25) is 0 Å². The van der Waals surface area contributed by atoms with Crippen LogP contribution in [0, 0.1) is 0 Å². The number of rotatable bonds is 5. The largest absolute Gasteiger partial charge is 0.416 e. The van der Waals surface area contributed by atoms with Gasteiger partial charge in [-0.25, -0.2) is 0 Å². The smallest absolute Gasteiger partial charge is 0.394 e. The first-order valence-corrected chi connectivity index (χ1v) is 10.0. The Hall–Kier alpha value is -2.54. The van der Waals surface area contributed by atoms with Crippen LogP contribution in [0.3, 0.4) is 0 Å². The third kappa shape index (κ3) is 5.03. The molecule has 33 heavy (non-hydrogen) atoms. The summed E-state index contributed by atoms with van der Waals surface area (Å²) in [5.41, 5.74) is -1.14. The minimum Gasteiger partial charge on any atom is -0.394 e. The van der Waals surface area contributed by atoms with E-state index in [4.69, 9.17) is 4.74 Å².